The van der Waals surface area contributed by atoms with E-state index in [1.54, 1.807) is 24.3 Å². The van der Waals surface area contributed by atoms with Gasteiger partial charge in [-0.2, -0.15) is 0 Å². The van der Waals surface area contributed by atoms with Gasteiger partial charge in [0.15, 0.2) is 4.34 Å². The Morgan fingerprint density at radius 3 is 2.73 bits per heavy atom. The fourth-order valence-electron chi connectivity index (χ4n) is 1.99. The van der Waals surface area contributed by atoms with Crippen LogP contribution in [0.5, 0.6) is 0 Å². The first-order chi connectivity index (χ1) is 12.5. The molecular weight excluding hydrogens is 370 g/mol. The van der Waals surface area contributed by atoms with E-state index in [0.717, 1.165) is 16.0 Å². The Kier molecular flexibility index (Phi) is 7.86. The van der Waals surface area contributed by atoms with Crippen molar-refractivity contribution in [2.45, 2.75) is 25.1 Å². The van der Waals surface area contributed by atoms with Crippen molar-refractivity contribution in [2.24, 2.45) is 5.92 Å². The zero-order valence-electron chi connectivity index (χ0n) is 15.0. The van der Waals surface area contributed by atoms with E-state index in [1.165, 1.54) is 23.1 Å². The Balaban J connectivity index is 1.92. The Labute approximate surface area is 161 Å². The van der Waals surface area contributed by atoms with Crippen molar-refractivity contribution in [3.63, 3.8) is 0 Å². The largest absolute Gasteiger partial charge is 0.360 e. The number of carbonyl (C=O) groups is 2. The molecule has 9 heteroatoms. The van der Waals surface area contributed by atoms with Crippen LogP contribution in [-0.4, -0.2) is 40.9 Å². The first kappa shape index (κ1) is 20.2. The molecule has 1 aromatic heterocycles. The van der Waals surface area contributed by atoms with E-state index in [4.69, 9.17) is 0 Å². The Morgan fingerprint density at radius 1 is 1.23 bits per heavy atom. The summed E-state index contributed by atoms with van der Waals surface area (Å²) in [5.74, 6) is 0.167. The summed E-state index contributed by atoms with van der Waals surface area (Å²) in [5.41, 5.74) is 0.960. The lowest BCUT2D eigenvalue weighted by molar-refractivity contribution is -0.113. The Bertz CT molecular complexity index is 748. The lowest BCUT2D eigenvalue weighted by Crippen LogP contribution is -2.28. The van der Waals surface area contributed by atoms with Gasteiger partial charge in [-0.15, -0.1) is 10.2 Å². The molecule has 0 aliphatic rings. The molecule has 0 fully saturated rings. The monoisotopic (exact) mass is 393 g/mol. The predicted molar refractivity (Wildman–Crippen MR) is 107 cm³/mol. The lowest BCUT2D eigenvalue weighted by atomic mass is 10.1. The van der Waals surface area contributed by atoms with Gasteiger partial charge in [-0.3, -0.25) is 9.59 Å². The Morgan fingerprint density at radius 2 is 2.00 bits per heavy atom. The highest BCUT2D eigenvalue weighted by molar-refractivity contribution is 8.01. The number of hydrogen-bond acceptors (Lipinski definition) is 7. The third kappa shape index (κ3) is 6.30. The van der Waals surface area contributed by atoms with Gasteiger partial charge >= 0.3 is 0 Å². The highest BCUT2D eigenvalue weighted by atomic mass is 32.2. The molecule has 7 nitrogen and oxygen atoms in total. The number of amides is 2. The zero-order valence-corrected chi connectivity index (χ0v) is 16.7. The minimum absolute atomic E-state index is 0.193. The minimum atomic E-state index is -0.195. The van der Waals surface area contributed by atoms with Crippen molar-refractivity contribution in [2.75, 3.05) is 29.5 Å². The van der Waals surface area contributed by atoms with Crippen LogP contribution in [0.1, 0.15) is 31.1 Å². The van der Waals surface area contributed by atoms with Crippen molar-refractivity contribution in [1.29, 1.82) is 0 Å². The topological polar surface area (TPSA) is 96.0 Å². The van der Waals surface area contributed by atoms with Crippen LogP contribution in [0.25, 0.3) is 0 Å². The van der Waals surface area contributed by atoms with Crippen molar-refractivity contribution < 1.29 is 9.59 Å². The molecule has 0 aliphatic carbocycles. The molecule has 0 saturated heterocycles. The first-order valence-corrected chi connectivity index (χ1v) is 10.2. The summed E-state index contributed by atoms with van der Waals surface area (Å²) in [6.07, 6.45) is 0. The van der Waals surface area contributed by atoms with Gasteiger partial charge in [0.05, 0.1) is 17.0 Å². The second-order valence-corrected chi connectivity index (χ2v) is 8.09. The number of nitrogens with zero attached hydrogens (tertiary/aromatic N) is 2. The van der Waals surface area contributed by atoms with E-state index in [0.29, 0.717) is 23.7 Å². The maximum absolute atomic E-state index is 12.3. The summed E-state index contributed by atoms with van der Waals surface area (Å²) in [6, 6.07) is 6.99. The van der Waals surface area contributed by atoms with Crippen LogP contribution >= 0.6 is 23.1 Å². The van der Waals surface area contributed by atoms with Gasteiger partial charge in [0.25, 0.3) is 5.91 Å². The molecule has 0 unspecified atom stereocenters. The van der Waals surface area contributed by atoms with Crippen LogP contribution in [0.15, 0.2) is 28.6 Å². The summed E-state index contributed by atoms with van der Waals surface area (Å²) in [7, 11) is 0. The molecule has 0 saturated carbocycles. The SMILES string of the molecule is CCNc1nnc(SCC(=O)Nc2ccccc2C(=O)NCC(C)C)s1. The number of aromatic nitrogens is 2. The summed E-state index contributed by atoms with van der Waals surface area (Å²) in [5, 5.41) is 17.5. The van der Waals surface area contributed by atoms with E-state index in [2.05, 4.69) is 26.1 Å². The summed E-state index contributed by atoms with van der Waals surface area (Å²) in [4.78, 5) is 24.5. The standard InChI is InChI=1S/C17H23N5O2S2/c1-4-18-16-21-22-17(26-16)25-10-14(23)20-13-8-6-5-7-12(13)15(24)19-9-11(2)3/h5-8,11H,4,9-10H2,1-3H3,(H,18,21)(H,19,24)(H,20,23). The van der Waals surface area contributed by atoms with Gasteiger partial charge < -0.3 is 16.0 Å². The van der Waals surface area contributed by atoms with E-state index < -0.39 is 0 Å². The van der Waals surface area contributed by atoms with E-state index >= 15 is 0 Å². The zero-order chi connectivity index (χ0) is 18.9. The molecule has 2 amide bonds. The molecule has 3 N–H and O–H groups in total. The molecule has 2 aromatic rings. The fourth-order valence-corrected chi connectivity index (χ4v) is 3.61. The van der Waals surface area contributed by atoms with Crippen LogP contribution in [0.4, 0.5) is 10.8 Å². The number of thioether (sulfide) groups is 1. The van der Waals surface area contributed by atoms with E-state index in [1.807, 2.05) is 20.8 Å². The van der Waals surface area contributed by atoms with Crippen LogP contribution < -0.4 is 16.0 Å². The maximum atomic E-state index is 12.3. The molecule has 2 rings (SSSR count). The molecule has 1 heterocycles. The summed E-state index contributed by atoms with van der Waals surface area (Å²) >= 11 is 2.72. The van der Waals surface area contributed by atoms with E-state index in [-0.39, 0.29) is 17.6 Å². The smallest absolute Gasteiger partial charge is 0.253 e. The molecule has 0 spiro atoms. The predicted octanol–water partition coefficient (Wildman–Crippen LogP) is 3.09. The molecular formula is C17H23N5O2S2. The van der Waals surface area contributed by atoms with Gasteiger partial charge in [-0.25, -0.2) is 0 Å². The lowest BCUT2D eigenvalue weighted by Gasteiger charge is -2.12. The van der Waals surface area contributed by atoms with Crippen molar-refractivity contribution in [1.82, 2.24) is 15.5 Å². The molecule has 0 aliphatic heterocycles. The first-order valence-electron chi connectivity index (χ1n) is 8.36. The summed E-state index contributed by atoms with van der Waals surface area (Å²) in [6.45, 7) is 7.40. The van der Waals surface area contributed by atoms with Crippen molar-refractivity contribution in [3.8, 4) is 0 Å². The second-order valence-electron chi connectivity index (χ2n) is 5.89. The number of hydrogen-bond donors (Lipinski definition) is 3. The third-order valence-electron chi connectivity index (χ3n) is 3.18. The second kappa shape index (κ2) is 10.1. The van der Waals surface area contributed by atoms with E-state index in [9.17, 15) is 9.59 Å². The summed E-state index contributed by atoms with van der Waals surface area (Å²) < 4.78 is 0.721. The fraction of sp³-hybridized carbons (Fsp3) is 0.412. The number of rotatable bonds is 9. The van der Waals surface area contributed by atoms with Crippen LogP contribution in [-0.2, 0) is 4.79 Å². The number of benzene rings is 1. The highest BCUT2D eigenvalue weighted by Crippen LogP contribution is 2.25. The van der Waals surface area contributed by atoms with Gasteiger partial charge in [0.2, 0.25) is 11.0 Å². The molecule has 0 atom stereocenters. The van der Waals surface area contributed by atoms with Gasteiger partial charge in [0, 0.05) is 13.1 Å². The highest BCUT2D eigenvalue weighted by Gasteiger charge is 2.14. The molecule has 0 bridgehead atoms. The molecule has 26 heavy (non-hydrogen) atoms. The van der Waals surface area contributed by atoms with Gasteiger partial charge in [0.1, 0.15) is 0 Å². The third-order valence-corrected chi connectivity index (χ3v) is 5.19. The molecule has 1 aromatic carbocycles. The van der Waals surface area contributed by atoms with Crippen LogP contribution in [0, 0.1) is 5.92 Å². The van der Waals surface area contributed by atoms with Gasteiger partial charge in [-0.05, 0) is 25.0 Å². The van der Waals surface area contributed by atoms with Crippen LogP contribution in [0.3, 0.4) is 0 Å². The average molecular weight is 394 g/mol. The number of para-hydroxylation sites is 1. The molecule has 0 radical (unpaired) electrons. The molecule has 140 valence electrons. The van der Waals surface area contributed by atoms with Crippen molar-refractivity contribution >= 4 is 45.7 Å². The quantitative estimate of drug-likeness (QED) is 0.567. The van der Waals surface area contributed by atoms with Crippen molar-refractivity contribution in [3.05, 3.63) is 29.8 Å². The Hall–Kier alpha value is -2.13. The average Bonchev–Trinajstić information content (AvgIpc) is 3.06. The van der Waals surface area contributed by atoms with Gasteiger partial charge in [-0.1, -0.05) is 49.1 Å². The number of nitrogens with one attached hydrogen (secondary N) is 3. The van der Waals surface area contributed by atoms with Crippen LogP contribution in [0.2, 0.25) is 0 Å². The minimum Gasteiger partial charge on any atom is -0.360 e. The number of carbonyl (C=O) groups excluding carboxylic acids is 2. The maximum Gasteiger partial charge on any atom is 0.253 e. The number of anilines is 2. The normalized spacial score (nSPS) is 10.6.